The average molecular weight is 543 g/mol. The molecule has 4 rings (SSSR count). The predicted octanol–water partition coefficient (Wildman–Crippen LogP) is 1.47. The van der Waals surface area contributed by atoms with Gasteiger partial charge < -0.3 is 19.9 Å². The zero-order chi connectivity index (χ0) is 20.8. The number of methoxy groups -OCH3 is 1. The maximum Gasteiger partial charge on any atom is 0.191 e. The van der Waals surface area contributed by atoms with Gasteiger partial charge in [-0.2, -0.15) is 5.10 Å². The normalized spacial score (nSPS) is 18.5. The van der Waals surface area contributed by atoms with Crippen LogP contribution in [0.15, 0.2) is 4.99 Å². The maximum atomic E-state index is 5.15. The molecule has 0 aliphatic carbocycles. The lowest BCUT2D eigenvalue weighted by Crippen LogP contribution is -2.47. The smallest absolute Gasteiger partial charge is 0.191 e. The Kier molecular flexibility index (Phi) is 9.05. The summed E-state index contributed by atoms with van der Waals surface area (Å²) in [5.41, 5.74) is 0. The number of ether oxygens (including phenoxy) is 1. The SMILES string of the molecule is CCNC(=NCCc1nnc2n1CCCCC2)NC1CCc2nc(COC)nn2C1.I. The molecule has 2 aromatic heterocycles. The topological polar surface area (TPSA) is 107 Å². The van der Waals surface area contributed by atoms with Crippen LogP contribution in [0.25, 0.3) is 0 Å². The van der Waals surface area contributed by atoms with Gasteiger partial charge in [0.25, 0.3) is 0 Å². The van der Waals surface area contributed by atoms with Gasteiger partial charge in [-0.15, -0.1) is 34.2 Å². The van der Waals surface area contributed by atoms with Gasteiger partial charge in [-0.3, -0.25) is 4.99 Å². The zero-order valence-electron chi connectivity index (χ0n) is 18.5. The zero-order valence-corrected chi connectivity index (χ0v) is 20.8. The van der Waals surface area contributed by atoms with E-state index in [1.54, 1.807) is 7.11 Å². The third-order valence-corrected chi connectivity index (χ3v) is 5.65. The molecule has 2 aliphatic rings. The lowest BCUT2D eigenvalue weighted by Gasteiger charge is -2.25. The van der Waals surface area contributed by atoms with E-state index in [0.29, 0.717) is 13.2 Å². The highest BCUT2D eigenvalue weighted by atomic mass is 127. The van der Waals surface area contributed by atoms with Crippen LogP contribution in [0, 0.1) is 0 Å². The number of guanidine groups is 1. The van der Waals surface area contributed by atoms with E-state index in [4.69, 9.17) is 9.73 Å². The van der Waals surface area contributed by atoms with Gasteiger partial charge in [0.1, 0.15) is 24.1 Å². The average Bonchev–Trinajstić information content (AvgIpc) is 3.23. The highest BCUT2D eigenvalue weighted by Crippen LogP contribution is 2.15. The number of nitrogens with zero attached hydrogens (tertiary/aromatic N) is 7. The van der Waals surface area contributed by atoms with E-state index in [0.717, 1.165) is 74.6 Å². The molecule has 4 heterocycles. The molecule has 0 amide bonds. The van der Waals surface area contributed by atoms with Crippen molar-refractivity contribution in [3.05, 3.63) is 23.3 Å². The Morgan fingerprint density at radius 1 is 1.19 bits per heavy atom. The molecule has 0 fully saturated rings. The van der Waals surface area contributed by atoms with E-state index in [-0.39, 0.29) is 30.0 Å². The van der Waals surface area contributed by atoms with Crippen molar-refractivity contribution in [3.63, 3.8) is 0 Å². The molecule has 0 radical (unpaired) electrons. The molecule has 11 heteroatoms. The van der Waals surface area contributed by atoms with Crippen molar-refractivity contribution in [2.75, 3.05) is 20.2 Å². The van der Waals surface area contributed by atoms with Gasteiger partial charge in [0.2, 0.25) is 0 Å². The summed E-state index contributed by atoms with van der Waals surface area (Å²) in [4.78, 5) is 9.34. The van der Waals surface area contributed by atoms with Crippen molar-refractivity contribution in [2.24, 2.45) is 4.99 Å². The maximum absolute atomic E-state index is 5.15. The summed E-state index contributed by atoms with van der Waals surface area (Å²) in [7, 11) is 1.67. The predicted molar refractivity (Wildman–Crippen MR) is 129 cm³/mol. The first-order valence-electron chi connectivity index (χ1n) is 11.1. The molecule has 0 bridgehead atoms. The number of aromatic nitrogens is 6. The van der Waals surface area contributed by atoms with E-state index < -0.39 is 0 Å². The standard InChI is InChI=1S/C20H33N9O.HI/c1-3-21-20(22-11-10-19-26-25-18-7-5-4-6-12-28(18)19)23-15-8-9-17-24-16(14-30-2)27-29(17)13-15;/h15H,3-14H2,1-2H3,(H2,21,22,23);1H. The summed E-state index contributed by atoms with van der Waals surface area (Å²) in [6.07, 6.45) is 7.46. The minimum atomic E-state index is 0. The van der Waals surface area contributed by atoms with Gasteiger partial charge in [0.05, 0.1) is 6.54 Å². The van der Waals surface area contributed by atoms with E-state index in [9.17, 15) is 0 Å². The van der Waals surface area contributed by atoms with Gasteiger partial charge in [-0.25, -0.2) is 9.67 Å². The number of hydrogen-bond donors (Lipinski definition) is 2. The van der Waals surface area contributed by atoms with Crippen LogP contribution in [0.2, 0.25) is 0 Å². The first-order chi connectivity index (χ1) is 14.8. The quantitative estimate of drug-likeness (QED) is 0.310. The Morgan fingerprint density at radius 3 is 2.94 bits per heavy atom. The fourth-order valence-electron chi connectivity index (χ4n) is 4.18. The van der Waals surface area contributed by atoms with E-state index in [1.165, 1.54) is 19.3 Å². The van der Waals surface area contributed by atoms with Crippen LogP contribution in [0.1, 0.15) is 55.9 Å². The Hall–Kier alpha value is -1.76. The molecule has 0 spiro atoms. The molecular weight excluding hydrogens is 509 g/mol. The molecule has 0 aromatic carbocycles. The first-order valence-corrected chi connectivity index (χ1v) is 11.1. The van der Waals surface area contributed by atoms with Crippen LogP contribution in [0.3, 0.4) is 0 Å². The number of nitrogens with one attached hydrogen (secondary N) is 2. The number of rotatable bonds is 7. The summed E-state index contributed by atoms with van der Waals surface area (Å²) in [6, 6.07) is 0.275. The Labute approximate surface area is 200 Å². The van der Waals surface area contributed by atoms with Gasteiger partial charge in [-0.05, 0) is 26.2 Å². The van der Waals surface area contributed by atoms with Crippen molar-refractivity contribution < 1.29 is 4.74 Å². The molecule has 2 N–H and O–H groups in total. The second-order valence-electron chi connectivity index (χ2n) is 7.94. The molecular formula is C20H34IN9O. The number of aryl methyl sites for hydroxylation is 2. The van der Waals surface area contributed by atoms with E-state index in [2.05, 4.69) is 42.4 Å². The van der Waals surface area contributed by atoms with Crippen molar-refractivity contribution in [1.29, 1.82) is 0 Å². The highest BCUT2D eigenvalue weighted by Gasteiger charge is 2.22. The number of halogens is 1. The van der Waals surface area contributed by atoms with Crippen LogP contribution in [0.5, 0.6) is 0 Å². The minimum Gasteiger partial charge on any atom is -0.377 e. The van der Waals surface area contributed by atoms with Crippen molar-refractivity contribution in [1.82, 2.24) is 40.2 Å². The van der Waals surface area contributed by atoms with Crippen LogP contribution in [0.4, 0.5) is 0 Å². The van der Waals surface area contributed by atoms with Crippen LogP contribution in [-0.4, -0.2) is 61.7 Å². The lowest BCUT2D eigenvalue weighted by molar-refractivity contribution is 0.177. The van der Waals surface area contributed by atoms with Crippen LogP contribution in [-0.2, 0) is 43.7 Å². The largest absolute Gasteiger partial charge is 0.377 e. The summed E-state index contributed by atoms with van der Waals surface area (Å²) in [5, 5.41) is 20.3. The van der Waals surface area contributed by atoms with Gasteiger partial charge in [-0.1, -0.05) is 6.42 Å². The number of aliphatic imine (C=N–C) groups is 1. The fraction of sp³-hybridized carbons (Fsp3) is 0.750. The summed E-state index contributed by atoms with van der Waals surface area (Å²) in [5.74, 6) is 4.83. The molecule has 0 saturated carbocycles. The second kappa shape index (κ2) is 11.7. The van der Waals surface area contributed by atoms with Crippen molar-refractivity contribution in [3.8, 4) is 0 Å². The van der Waals surface area contributed by atoms with Crippen LogP contribution >= 0.6 is 24.0 Å². The highest BCUT2D eigenvalue weighted by molar-refractivity contribution is 14.0. The molecule has 2 aliphatic heterocycles. The molecule has 1 atom stereocenters. The Balaban J connectivity index is 0.00000272. The summed E-state index contributed by atoms with van der Waals surface area (Å²) < 4.78 is 9.44. The van der Waals surface area contributed by atoms with E-state index in [1.807, 2.05) is 4.68 Å². The third kappa shape index (κ3) is 6.15. The Morgan fingerprint density at radius 2 is 2.10 bits per heavy atom. The Bertz CT molecular complexity index is 863. The van der Waals surface area contributed by atoms with Gasteiger partial charge in [0, 0.05) is 52.0 Å². The third-order valence-electron chi connectivity index (χ3n) is 5.65. The second-order valence-corrected chi connectivity index (χ2v) is 7.94. The molecule has 0 saturated heterocycles. The first kappa shape index (κ1) is 23.9. The molecule has 2 aromatic rings. The van der Waals surface area contributed by atoms with Crippen molar-refractivity contribution in [2.45, 2.75) is 77.6 Å². The minimum absolute atomic E-state index is 0. The lowest BCUT2D eigenvalue weighted by atomic mass is 10.1. The monoisotopic (exact) mass is 543 g/mol. The molecule has 10 nitrogen and oxygen atoms in total. The number of hydrogen-bond acceptors (Lipinski definition) is 6. The van der Waals surface area contributed by atoms with Gasteiger partial charge >= 0.3 is 0 Å². The van der Waals surface area contributed by atoms with Crippen LogP contribution < -0.4 is 10.6 Å². The molecule has 1 unspecified atom stereocenters. The van der Waals surface area contributed by atoms with E-state index >= 15 is 0 Å². The molecule has 31 heavy (non-hydrogen) atoms. The van der Waals surface area contributed by atoms with Gasteiger partial charge in [0.15, 0.2) is 11.8 Å². The molecule has 172 valence electrons. The summed E-state index contributed by atoms with van der Waals surface area (Å²) >= 11 is 0. The van der Waals surface area contributed by atoms with Crippen molar-refractivity contribution >= 4 is 29.9 Å². The number of fused-ring (bicyclic) bond motifs is 2. The fourth-order valence-corrected chi connectivity index (χ4v) is 4.18. The summed E-state index contributed by atoms with van der Waals surface area (Å²) in [6.45, 7) is 5.87.